The normalized spacial score (nSPS) is 10.7. The number of aliphatic imine (C=N–C) groups is 1. The minimum atomic E-state index is 0.551. The maximum Gasteiger partial charge on any atom is 0.213 e. The van der Waals surface area contributed by atoms with Crippen LogP contribution < -0.4 is 15.1 Å². The zero-order valence-electron chi connectivity index (χ0n) is 13.4. The van der Waals surface area contributed by atoms with Gasteiger partial charge in [-0.15, -0.1) is 0 Å². The van der Waals surface area contributed by atoms with Gasteiger partial charge in [0.2, 0.25) is 5.88 Å². The topological polar surface area (TPSA) is 70.0 Å². The van der Waals surface area contributed by atoms with Crippen LogP contribution in [0.25, 0.3) is 0 Å². The smallest absolute Gasteiger partial charge is 0.213 e. The number of hydroxylamine groups is 1. The second kappa shape index (κ2) is 8.75. The average Bonchev–Trinajstić information content (AvgIpc) is 2.58. The molecule has 2 aromatic rings. The number of aryl methyl sites for hydroxylation is 1. The van der Waals surface area contributed by atoms with Crippen molar-refractivity contribution in [1.82, 2.24) is 10.5 Å². The number of nitrogens with zero attached hydrogens (tertiary/aromatic N) is 3. The molecule has 0 unspecified atom stereocenters. The van der Waals surface area contributed by atoms with E-state index in [1.807, 2.05) is 5.48 Å². The summed E-state index contributed by atoms with van der Waals surface area (Å²) >= 11 is 0. The summed E-state index contributed by atoms with van der Waals surface area (Å²) in [5.74, 6) is 0.557. The first-order valence-corrected chi connectivity index (χ1v) is 7.55. The van der Waals surface area contributed by atoms with Gasteiger partial charge in [0.25, 0.3) is 0 Å². The fourth-order valence-electron chi connectivity index (χ4n) is 2.19. The summed E-state index contributed by atoms with van der Waals surface area (Å²) in [6.07, 6.45) is 2.76. The number of hydrogen-bond donors (Lipinski definition) is 2. The fourth-order valence-corrected chi connectivity index (χ4v) is 2.19. The molecular weight excluding hydrogens is 292 g/mol. The minimum Gasteiger partial charge on any atom is -0.476 e. The second-order valence-electron chi connectivity index (χ2n) is 5.01. The van der Waals surface area contributed by atoms with E-state index < -0.39 is 0 Å². The van der Waals surface area contributed by atoms with Gasteiger partial charge in [-0.2, -0.15) is 0 Å². The van der Waals surface area contributed by atoms with Gasteiger partial charge in [-0.1, -0.05) is 12.1 Å². The minimum absolute atomic E-state index is 0.551. The van der Waals surface area contributed by atoms with Gasteiger partial charge in [0.15, 0.2) is 0 Å². The number of likely N-dealkylation sites (N-methyl/N-ethyl adjacent to an activating group) is 1. The van der Waals surface area contributed by atoms with Crippen molar-refractivity contribution >= 4 is 17.7 Å². The number of rotatable bonds is 8. The molecule has 122 valence electrons. The van der Waals surface area contributed by atoms with Gasteiger partial charge in [-0.05, 0) is 37.6 Å². The summed E-state index contributed by atoms with van der Waals surface area (Å²) in [5, 5.41) is 8.44. The predicted molar refractivity (Wildman–Crippen MR) is 91.9 cm³/mol. The number of ether oxygens (including phenoxy) is 1. The molecule has 0 aliphatic rings. The molecule has 0 amide bonds. The molecule has 0 saturated heterocycles. The molecule has 1 aromatic heterocycles. The Morgan fingerprint density at radius 1 is 1.35 bits per heavy atom. The van der Waals surface area contributed by atoms with Crippen molar-refractivity contribution in [3.63, 3.8) is 0 Å². The van der Waals surface area contributed by atoms with Crippen LogP contribution in [-0.4, -0.2) is 36.2 Å². The van der Waals surface area contributed by atoms with E-state index in [4.69, 9.17) is 9.94 Å². The van der Waals surface area contributed by atoms with Crippen LogP contribution in [0.3, 0.4) is 0 Å². The van der Waals surface area contributed by atoms with E-state index in [9.17, 15) is 0 Å². The van der Waals surface area contributed by atoms with Gasteiger partial charge in [-0.25, -0.2) is 9.98 Å². The number of nitrogens with one attached hydrogen (secondary N) is 1. The third-order valence-corrected chi connectivity index (χ3v) is 3.35. The van der Waals surface area contributed by atoms with Gasteiger partial charge < -0.3 is 9.64 Å². The molecule has 0 bridgehead atoms. The Morgan fingerprint density at radius 3 is 2.87 bits per heavy atom. The Morgan fingerprint density at radius 2 is 2.22 bits per heavy atom. The zero-order chi connectivity index (χ0) is 16.5. The summed E-state index contributed by atoms with van der Waals surface area (Å²) in [5.41, 5.74) is 4.93. The van der Waals surface area contributed by atoms with Crippen molar-refractivity contribution in [3.05, 3.63) is 48.2 Å². The Bertz CT molecular complexity index is 629. The van der Waals surface area contributed by atoms with Crippen LogP contribution in [0, 0.1) is 6.92 Å². The van der Waals surface area contributed by atoms with E-state index in [-0.39, 0.29) is 0 Å². The van der Waals surface area contributed by atoms with E-state index in [1.54, 1.807) is 18.3 Å². The van der Waals surface area contributed by atoms with Crippen molar-refractivity contribution in [2.24, 2.45) is 4.99 Å². The number of pyridine rings is 1. The van der Waals surface area contributed by atoms with E-state index >= 15 is 0 Å². The molecule has 0 saturated carbocycles. The lowest BCUT2D eigenvalue weighted by atomic mass is 10.2. The standard InChI is InChI=1S/C17H22N4O2/c1-3-21(16-6-4-5-14(2)11-16)9-10-23-17-8-7-15(12-18-17)19-13-20-22/h4-8,11-13,22H,3,9-10H2,1-2H3,(H,19,20). The van der Waals surface area contributed by atoms with Gasteiger partial charge in [-0.3, -0.25) is 10.7 Å². The van der Waals surface area contributed by atoms with Gasteiger partial charge in [0, 0.05) is 18.3 Å². The molecule has 0 atom stereocenters. The highest BCUT2D eigenvalue weighted by Crippen LogP contribution is 2.16. The quantitative estimate of drug-likeness (QED) is 0.445. The molecule has 1 aromatic carbocycles. The largest absolute Gasteiger partial charge is 0.476 e. The first-order valence-electron chi connectivity index (χ1n) is 7.55. The fraction of sp³-hybridized carbons (Fsp3) is 0.294. The summed E-state index contributed by atoms with van der Waals surface area (Å²) in [4.78, 5) is 10.4. The highest BCUT2D eigenvalue weighted by atomic mass is 16.5. The number of anilines is 1. The predicted octanol–water partition coefficient (Wildman–Crippen LogP) is 2.93. The first kappa shape index (κ1) is 16.8. The number of hydrogen-bond acceptors (Lipinski definition) is 5. The molecule has 2 N–H and O–H groups in total. The lowest BCUT2D eigenvalue weighted by molar-refractivity contribution is 0.240. The van der Waals surface area contributed by atoms with Crippen molar-refractivity contribution < 1.29 is 9.94 Å². The van der Waals surface area contributed by atoms with E-state index in [2.05, 4.69) is 53.0 Å². The molecule has 0 radical (unpaired) electrons. The molecule has 0 spiro atoms. The van der Waals surface area contributed by atoms with Gasteiger partial charge >= 0.3 is 0 Å². The molecule has 0 aliphatic heterocycles. The SMILES string of the molecule is CCN(CCOc1ccc(N=CNO)cn1)c1cccc(C)c1. The molecule has 1 heterocycles. The van der Waals surface area contributed by atoms with Crippen LogP contribution in [0.2, 0.25) is 0 Å². The number of aromatic nitrogens is 1. The van der Waals surface area contributed by atoms with Gasteiger partial charge in [0.1, 0.15) is 12.9 Å². The Kier molecular flexibility index (Phi) is 6.38. The average molecular weight is 314 g/mol. The van der Waals surface area contributed by atoms with Crippen molar-refractivity contribution in [1.29, 1.82) is 0 Å². The first-order chi connectivity index (χ1) is 11.2. The van der Waals surface area contributed by atoms with E-state index in [0.29, 0.717) is 18.2 Å². The highest BCUT2D eigenvalue weighted by molar-refractivity contribution is 5.59. The van der Waals surface area contributed by atoms with Crippen LogP contribution in [0.15, 0.2) is 47.6 Å². The molecule has 0 aliphatic carbocycles. The molecule has 6 nitrogen and oxygen atoms in total. The third-order valence-electron chi connectivity index (χ3n) is 3.35. The molecule has 23 heavy (non-hydrogen) atoms. The van der Waals surface area contributed by atoms with E-state index in [0.717, 1.165) is 13.1 Å². The Balaban J connectivity index is 1.86. The van der Waals surface area contributed by atoms with Gasteiger partial charge in [0.05, 0.1) is 18.4 Å². The Hall–Kier alpha value is -2.60. The maximum atomic E-state index is 8.44. The van der Waals surface area contributed by atoms with Crippen LogP contribution in [0.1, 0.15) is 12.5 Å². The molecule has 0 fully saturated rings. The third kappa shape index (κ3) is 5.27. The highest BCUT2D eigenvalue weighted by Gasteiger charge is 2.05. The van der Waals surface area contributed by atoms with Crippen LogP contribution in [0.5, 0.6) is 5.88 Å². The Labute approximate surface area is 136 Å². The molecule has 2 rings (SSSR count). The van der Waals surface area contributed by atoms with Crippen molar-refractivity contribution in [2.75, 3.05) is 24.6 Å². The lowest BCUT2D eigenvalue weighted by Crippen LogP contribution is -2.28. The second-order valence-corrected chi connectivity index (χ2v) is 5.01. The van der Waals surface area contributed by atoms with Crippen LogP contribution in [0.4, 0.5) is 11.4 Å². The monoisotopic (exact) mass is 314 g/mol. The lowest BCUT2D eigenvalue weighted by Gasteiger charge is -2.23. The molecular formula is C17H22N4O2. The summed E-state index contributed by atoms with van der Waals surface area (Å²) in [7, 11) is 0. The molecule has 6 heteroatoms. The summed E-state index contributed by atoms with van der Waals surface area (Å²) in [6.45, 7) is 6.48. The summed E-state index contributed by atoms with van der Waals surface area (Å²) in [6, 6.07) is 12.0. The van der Waals surface area contributed by atoms with Crippen molar-refractivity contribution in [2.45, 2.75) is 13.8 Å². The van der Waals surface area contributed by atoms with E-state index in [1.165, 1.54) is 17.6 Å². The van der Waals surface area contributed by atoms with Crippen molar-refractivity contribution in [3.8, 4) is 5.88 Å². The van der Waals surface area contributed by atoms with Crippen LogP contribution >= 0.6 is 0 Å². The zero-order valence-corrected chi connectivity index (χ0v) is 13.4. The maximum absolute atomic E-state index is 8.44. The number of benzene rings is 1. The van der Waals surface area contributed by atoms with Crippen LogP contribution in [-0.2, 0) is 0 Å². The summed E-state index contributed by atoms with van der Waals surface area (Å²) < 4.78 is 5.68.